The van der Waals surface area contributed by atoms with Crippen LogP contribution in [-0.4, -0.2) is 46.8 Å². The van der Waals surface area contributed by atoms with Crippen molar-refractivity contribution in [2.24, 2.45) is 0 Å². The number of nitrogens with zero attached hydrogens (tertiary/aromatic N) is 2. The van der Waals surface area contributed by atoms with E-state index in [0.717, 1.165) is 30.6 Å². The summed E-state index contributed by atoms with van der Waals surface area (Å²) in [6.45, 7) is 3.73. The quantitative estimate of drug-likeness (QED) is 0.705. The Bertz CT molecular complexity index is 945. The molecule has 7 heteroatoms. The number of benzene rings is 2. The summed E-state index contributed by atoms with van der Waals surface area (Å²) in [6.07, 6.45) is 2.34. The number of sulfonamides is 1. The lowest BCUT2D eigenvalue weighted by atomic mass is 10.1. The number of hydrogen-bond acceptors (Lipinski definition) is 4. The summed E-state index contributed by atoms with van der Waals surface area (Å²) < 4.78 is 26.3. The molecule has 0 bridgehead atoms. The minimum absolute atomic E-state index is 0.164. The van der Waals surface area contributed by atoms with Gasteiger partial charge in [-0.2, -0.15) is 0 Å². The molecule has 1 saturated heterocycles. The lowest BCUT2D eigenvalue weighted by Crippen LogP contribution is -2.38. The number of anilines is 2. The van der Waals surface area contributed by atoms with Crippen LogP contribution < -0.4 is 14.5 Å². The molecule has 0 unspecified atom stereocenters. The van der Waals surface area contributed by atoms with Crippen LogP contribution in [0.15, 0.2) is 48.5 Å². The van der Waals surface area contributed by atoms with Crippen molar-refractivity contribution in [1.29, 1.82) is 0 Å². The Morgan fingerprint density at radius 1 is 1.14 bits per heavy atom. The van der Waals surface area contributed by atoms with Gasteiger partial charge in [-0.3, -0.25) is 9.10 Å². The van der Waals surface area contributed by atoms with Crippen molar-refractivity contribution < 1.29 is 13.2 Å². The molecule has 1 amide bonds. The highest BCUT2D eigenvalue weighted by atomic mass is 32.2. The van der Waals surface area contributed by atoms with E-state index in [2.05, 4.69) is 22.3 Å². The number of aryl methyl sites for hydroxylation is 1. The largest absolute Gasteiger partial charge is 0.375 e. The average molecular weight is 416 g/mol. The molecule has 1 fully saturated rings. The number of amides is 1. The highest BCUT2D eigenvalue weighted by Crippen LogP contribution is 2.28. The molecule has 0 radical (unpaired) electrons. The topological polar surface area (TPSA) is 69.7 Å². The van der Waals surface area contributed by atoms with Gasteiger partial charge in [-0.25, -0.2) is 8.42 Å². The molecule has 1 N–H and O–H groups in total. The number of rotatable bonds is 7. The minimum atomic E-state index is -3.30. The standard InChI is InChI=1S/C22H29N3O3S/c1-18-11-12-19(17-21(18)25-15-6-7-16-29(25,27)28)22(26)23-13-8-14-24(2)20-9-4-3-5-10-20/h3-5,9-12,17H,6-8,13-16H2,1-2H3,(H,23,26). The Balaban J connectivity index is 1.58. The summed E-state index contributed by atoms with van der Waals surface area (Å²) in [5.74, 6) is -0.0133. The highest BCUT2D eigenvalue weighted by molar-refractivity contribution is 7.92. The van der Waals surface area contributed by atoms with Crippen LogP contribution in [0.1, 0.15) is 35.2 Å². The van der Waals surface area contributed by atoms with Crippen molar-refractivity contribution in [2.75, 3.05) is 41.6 Å². The second-order valence-electron chi connectivity index (χ2n) is 7.46. The van der Waals surface area contributed by atoms with Gasteiger partial charge in [-0.15, -0.1) is 0 Å². The first kappa shape index (κ1) is 21.2. The molecule has 0 aliphatic carbocycles. The molecule has 3 rings (SSSR count). The van der Waals surface area contributed by atoms with Crippen LogP contribution in [-0.2, 0) is 10.0 Å². The number of carbonyl (C=O) groups is 1. The van der Waals surface area contributed by atoms with Crippen LogP contribution in [0.5, 0.6) is 0 Å². The maximum atomic E-state index is 12.6. The van der Waals surface area contributed by atoms with Crippen molar-refractivity contribution in [3.05, 3.63) is 59.7 Å². The van der Waals surface area contributed by atoms with E-state index in [4.69, 9.17) is 0 Å². The zero-order valence-electron chi connectivity index (χ0n) is 17.1. The molecule has 1 aliphatic rings. The normalized spacial score (nSPS) is 15.7. The first-order chi connectivity index (χ1) is 13.9. The Kier molecular flexibility index (Phi) is 6.79. The van der Waals surface area contributed by atoms with Gasteiger partial charge in [0.05, 0.1) is 11.4 Å². The SMILES string of the molecule is Cc1ccc(C(=O)NCCCN(C)c2ccccc2)cc1N1CCCCS1(=O)=O. The fourth-order valence-electron chi connectivity index (χ4n) is 3.51. The number of para-hydroxylation sites is 1. The van der Waals surface area contributed by atoms with Gasteiger partial charge in [0.2, 0.25) is 10.0 Å². The Labute approximate surface area is 173 Å². The van der Waals surface area contributed by atoms with Gasteiger partial charge in [-0.05, 0) is 56.0 Å². The summed E-state index contributed by atoms with van der Waals surface area (Å²) >= 11 is 0. The van der Waals surface area contributed by atoms with E-state index >= 15 is 0 Å². The van der Waals surface area contributed by atoms with Crippen molar-refractivity contribution >= 4 is 27.3 Å². The van der Waals surface area contributed by atoms with E-state index in [1.807, 2.05) is 38.2 Å². The smallest absolute Gasteiger partial charge is 0.251 e. The van der Waals surface area contributed by atoms with Gasteiger partial charge in [0.25, 0.3) is 5.91 Å². The predicted octanol–water partition coefficient (Wildman–Crippen LogP) is 3.18. The zero-order valence-corrected chi connectivity index (χ0v) is 17.9. The van der Waals surface area contributed by atoms with Crippen molar-refractivity contribution in [2.45, 2.75) is 26.2 Å². The third-order valence-electron chi connectivity index (χ3n) is 5.24. The highest BCUT2D eigenvalue weighted by Gasteiger charge is 2.27. The lowest BCUT2D eigenvalue weighted by Gasteiger charge is -2.29. The van der Waals surface area contributed by atoms with E-state index in [0.29, 0.717) is 30.8 Å². The van der Waals surface area contributed by atoms with E-state index in [1.54, 1.807) is 12.1 Å². The summed E-state index contributed by atoms with van der Waals surface area (Å²) in [4.78, 5) is 14.7. The minimum Gasteiger partial charge on any atom is -0.375 e. The summed E-state index contributed by atoms with van der Waals surface area (Å²) in [5, 5.41) is 2.94. The summed E-state index contributed by atoms with van der Waals surface area (Å²) in [7, 11) is -1.27. The molecule has 6 nitrogen and oxygen atoms in total. The van der Waals surface area contributed by atoms with Crippen LogP contribution in [0.25, 0.3) is 0 Å². The molecule has 1 aliphatic heterocycles. The molecule has 0 spiro atoms. The first-order valence-corrected chi connectivity index (χ1v) is 11.6. The van der Waals surface area contributed by atoms with Gasteiger partial charge in [0.1, 0.15) is 0 Å². The van der Waals surface area contributed by atoms with Crippen LogP contribution in [0.3, 0.4) is 0 Å². The predicted molar refractivity (Wildman–Crippen MR) is 118 cm³/mol. The van der Waals surface area contributed by atoms with Gasteiger partial charge < -0.3 is 10.2 Å². The molecule has 0 atom stereocenters. The van der Waals surface area contributed by atoms with E-state index in [-0.39, 0.29) is 11.7 Å². The van der Waals surface area contributed by atoms with Crippen molar-refractivity contribution in [1.82, 2.24) is 5.32 Å². The molecule has 156 valence electrons. The second kappa shape index (κ2) is 9.31. The van der Waals surface area contributed by atoms with Gasteiger partial charge in [0, 0.05) is 37.9 Å². The van der Waals surface area contributed by atoms with Crippen LogP contribution in [0.4, 0.5) is 11.4 Å². The molecule has 1 heterocycles. The van der Waals surface area contributed by atoms with Gasteiger partial charge in [0.15, 0.2) is 0 Å². The van der Waals surface area contributed by atoms with E-state index in [9.17, 15) is 13.2 Å². The first-order valence-electron chi connectivity index (χ1n) is 10.0. The summed E-state index contributed by atoms with van der Waals surface area (Å²) in [5.41, 5.74) is 3.10. The molecule has 2 aromatic rings. The Hall–Kier alpha value is -2.54. The lowest BCUT2D eigenvalue weighted by molar-refractivity contribution is 0.0953. The van der Waals surface area contributed by atoms with Crippen molar-refractivity contribution in [3.8, 4) is 0 Å². The molecule has 0 aromatic heterocycles. The number of hydrogen-bond donors (Lipinski definition) is 1. The number of carbonyl (C=O) groups excluding carboxylic acids is 1. The second-order valence-corrected chi connectivity index (χ2v) is 9.48. The van der Waals surface area contributed by atoms with Crippen LogP contribution in [0, 0.1) is 6.92 Å². The summed E-state index contributed by atoms with van der Waals surface area (Å²) in [6, 6.07) is 15.4. The van der Waals surface area contributed by atoms with Gasteiger partial charge >= 0.3 is 0 Å². The van der Waals surface area contributed by atoms with E-state index < -0.39 is 10.0 Å². The monoisotopic (exact) mass is 415 g/mol. The Morgan fingerprint density at radius 2 is 1.90 bits per heavy atom. The average Bonchev–Trinajstić information content (AvgIpc) is 2.72. The van der Waals surface area contributed by atoms with Crippen molar-refractivity contribution in [3.63, 3.8) is 0 Å². The van der Waals surface area contributed by atoms with Crippen LogP contribution >= 0.6 is 0 Å². The maximum Gasteiger partial charge on any atom is 0.251 e. The molecular weight excluding hydrogens is 386 g/mol. The van der Waals surface area contributed by atoms with Gasteiger partial charge in [-0.1, -0.05) is 24.3 Å². The number of nitrogens with one attached hydrogen (secondary N) is 1. The molecule has 0 saturated carbocycles. The third-order valence-corrected chi connectivity index (χ3v) is 7.10. The maximum absolute atomic E-state index is 12.6. The fourth-order valence-corrected chi connectivity index (χ4v) is 5.20. The van der Waals surface area contributed by atoms with Crippen LogP contribution in [0.2, 0.25) is 0 Å². The molecule has 29 heavy (non-hydrogen) atoms. The molecule has 2 aromatic carbocycles. The fraction of sp³-hybridized carbons (Fsp3) is 0.409. The molecular formula is C22H29N3O3S. The Morgan fingerprint density at radius 3 is 2.62 bits per heavy atom. The van der Waals surface area contributed by atoms with E-state index in [1.165, 1.54) is 4.31 Å². The third kappa shape index (κ3) is 5.29. The zero-order chi connectivity index (χ0) is 20.9.